The lowest BCUT2D eigenvalue weighted by Crippen LogP contribution is -2.30. The number of methoxy groups -OCH3 is 1. The highest BCUT2D eigenvalue weighted by Gasteiger charge is 2.40. The molecule has 2 rings (SSSR count). The predicted octanol–water partition coefficient (Wildman–Crippen LogP) is 1.35. The smallest absolute Gasteiger partial charge is 0.308 e. The third kappa shape index (κ3) is 3.17. The minimum absolute atomic E-state index is 0.0449. The van der Waals surface area contributed by atoms with Gasteiger partial charge in [0.2, 0.25) is 5.91 Å². The molecule has 2 unspecified atom stereocenters. The lowest BCUT2D eigenvalue weighted by molar-refractivity contribution is -0.141. The molecule has 0 bridgehead atoms. The Balaban J connectivity index is 2.12. The summed E-state index contributed by atoms with van der Waals surface area (Å²) in [7, 11) is 1.55. The summed E-state index contributed by atoms with van der Waals surface area (Å²) in [5.41, 5.74) is 0.974. The Labute approximate surface area is 118 Å². The first-order valence-corrected chi connectivity index (χ1v) is 6.68. The molecule has 20 heavy (non-hydrogen) atoms. The zero-order valence-corrected chi connectivity index (χ0v) is 11.5. The summed E-state index contributed by atoms with van der Waals surface area (Å²) in [6.07, 6.45) is 0.296. The van der Waals surface area contributed by atoms with Crippen LogP contribution in [0.4, 0.5) is 0 Å². The number of hydrogen-bond acceptors (Lipinski definition) is 3. The van der Waals surface area contributed by atoms with Crippen molar-refractivity contribution < 1.29 is 19.4 Å². The van der Waals surface area contributed by atoms with Crippen LogP contribution in [0.15, 0.2) is 30.3 Å². The molecule has 2 atom stereocenters. The van der Waals surface area contributed by atoms with Gasteiger partial charge < -0.3 is 14.7 Å². The molecule has 0 aliphatic carbocycles. The van der Waals surface area contributed by atoms with Gasteiger partial charge in [-0.15, -0.1) is 0 Å². The molecule has 1 aliphatic rings. The molecule has 1 amide bonds. The van der Waals surface area contributed by atoms with Crippen LogP contribution in [0, 0.1) is 5.92 Å². The van der Waals surface area contributed by atoms with Gasteiger partial charge in [0.15, 0.2) is 0 Å². The van der Waals surface area contributed by atoms with E-state index in [4.69, 9.17) is 4.74 Å². The van der Waals surface area contributed by atoms with E-state index in [0.717, 1.165) is 5.56 Å². The van der Waals surface area contributed by atoms with E-state index in [2.05, 4.69) is 0 Å². The van der Waals surface area contributed by atoms with E-state index < -0.39 is 11.9 Å². The van der Waals surface area contributed by atoms with Crippen LogP contribution in [0.25, 0.3) is 0 Å². The van der Waals surface area contributed by atoms with Gasteiger partial charge in [-0.05, 0) is 5.56 Å². The Morgan fingerprint density at radius 2 is 2.00 bits per heavy atom. The molecule has 5 heteroatoms. The molecular weight excluding hydrogens is 258 g/mol. The minimum Gasteiger partial charge on any atom is -0.481 e. The quantitative estimate of drug-likeness (QED) is 0.882. The van der Waals surface area contributed by atoms with Crippen molar-refractivity contribution in [3.05, 3.63) is 35.9 Å². The average Bonchev–Trinajstić information content (AvgIpc) is 2.91. The number of carboxylic acid groups (broad SMARTS) is 1. The molecule has 1 aromatic rings. The largest absolute Gasteiger partial charge is 0.481 e. The third-order valence-corrected chi connectivity index (χ3v) is 3.74. The Hall–Kier alpha value is -1.88. The van der Waals surface area contributed by atoms with Gasteiger partial charge in [-0.25, -0.2) is 0 Å². The second-order valence-electron chi connectivity index (χ2n) is 5.00. The SMILES string of the molecule is COCCC(=O)N1CC(C(=O)O)C(c2ccccc2)C1. The summed E-state index contributed by atoms with van der Waals surface area (Å²) in [6.45, 7) is 1.10. The number of aliphatic carboxylic acids is 1. The Morgan fingerprint density at radius 3 is 2.60 bits per heavy atom. The number of hydrogen-bond donors (Lipinski definition) is 1. The number of amides is 1. The molecule has 0 radical (unpaired) electrons. The van der Waals surface area contributed by atoms with Crippen LogP contribution in [0.5, 0.6) is 0 Å². The van der Waals surface area contributed by atoms with Crippen LogP contribution in [0.1, 0.15) is 17.9 Å². The molecule has 0 spiro atoms. The molecule has 1 aliphatic heterocycles. The van der Waals surface area contributed by atoms with Crippen molar-refractivity contribution in [1.82, 2.24) is 4.90 Å². The van der Waals surface area contributed by atoms with Crippen LogP contribution < -0.4 is 0 Å². The summed E-state index contributed by atoms with van der Waals surface area (Å²) in [5.74, 6) is -1.57. The fraction of sp³-hybridized carbons (Fsp3) is 0.467. The van der Waals surface area contributed by atoms with Gasteiger partial charge in [-0.2, -0.15) is 0 Å². The summed E-state index contributed by atoms with van der Waals surface area (Å²) < 4.78 is 4.89. The minimum atomic E-state index is -0.846. The first-order chi connectivity index (χ1) is 9.63. The Morgan fingerprint density at radius 1 is 1.30 bits per heavy atom. The number of ether oxygens (including phenoxy) is 1. The van der Waals surface area contributed by atoms with Crippen molar-refractivity contribution in [3.63, 3.8) is 0 Å². The maximum Gasteiger partial charge on any atom is 0.308 e. The van der Waals surface area contributed by atoms with E-state index in [1.807, 2.05) is 30.3 Å². The second kappa shape index (κ2) is 6.52. The van der Waals surface area contributed by atoms with Crippen molar-refractivity contribution in [3.8, 4) is 0 Å². The van der Waals surface area contributed by atoms with E-state index in [1.165, 1.54) is 0 Å². The molecule has 108 valence electrons. The van der Waals surface area contributed by atoms with Crippen LogP contribution in [-0.2, 0) is 14.3 Å². The second-order valence-corrected chi connectivity index (χ2v) is 5.00. The van der Waals surface area contributed by atoms with Gasteiger partial charge >= 0.3 is 5.97 Å². The van der Waals surface area contributed by atoms with E-state index in [-0.39, 0.29) is 18.4 Å². The standard InChI is InChI=1S/C15H19NO4/c1-20-8-7-14(17)16-9-12(13(10-16)15(18)19)11-5-3-2-4-6-11/h2-6,12-13H,7-10H2,1H3,(H,18,19). The van der Waals surface area contributed by atoms with Crippen LogP contribution in [0.2, 0.25) is 0 Å². The van der Waals surface area contributed by atoms with Gasteiger partial charge in [0, 0.05) is 26.1 Å². The molecule has 5 nitrogen and oxygen atoms in total. The average molecular weight is 277 g/mol. The fourth-order valence-corrected chi connectivity index (χ4v) is 2.64. The number of carbonyl (C=O) groups is 2. The van der Waals surface area contributed by atoms with Crippen LogP contribution in [-0.4, -0.2) is 48.7 Å². The molecular formula is C15H19NO4. The highest BCUT2D eigenvalue weighted by molar-refractivity contribution is 5.79. The van der Waals surface area contributed by atoms with E-state index in [1.54, 1.807) is 12.0 Å². The molecule has 1 fully saturated rings. The maximum atomic E-state index is 12.0. The lowest BCUT2D eigenvalue weighted by atomic mass is 9.89. The van der Waals surface area contributed by atoms with Crippen LogP contribution in [0.3, 0.4) is 0 Å². The van der Waals surface area contributed by atoms with Gasteiger partial charge in [-0.1, -0.05) is 30.3 Å². The number of benzene rings is 1. The Kier molecular flexibility index (Phi) is 4.74. The lowest BCUT2D eigenvalue weighted by Gasteiger charge is -2.16. The normalized spacial score (nSPS) is 21.9. The predicted molar refractivity (Wildman–Crippen MR) is 73.4 cm³/mol. The van der Waals surface area contributed by atoms with E-state index in [0.29, 0.717) is 19.6 Å². The maximum absolute atomic E-state index is 12.0. The van der Waals surface area contributed by atoms with Gasteiger partial charge in [0.1, 0.15) is 0 Å². The first-order valence-electron chi connectivity index (χ1n) is 6.68. The highest BCUT2D eigenvalue weighted by atomic mass is 16.5. The molecule has 0 saturated carbocycles. The molecule has 1 saturated heterocycles. The fourth-order valence-electron chi connectivity index (χ4n) is 2.64. The van der Waals surface area contributed by atoms with Crippen molar-refractivity contribution in [1.29, 1.82) is 0 Å². The number of rotatable bonds is 5. The number of nitrogens with zero attached hydrogens (tertiary/aromatic N) is 1. The van der Waals surface area contributed by atoms with E-state index in [9.17, 15) is 14.7 Å². The van der Waals surface area contributed by atoms with Gasteiger partial charge in [-0.3, -0.25) is 9.59 Å². The summed E-state index contributed by atoms with van der Waals surface area (Å²) in [5, 5.41) is 9.36. The summed E-state index contributed by atoms with van der Waals surface area (Å²) in [4.78, 5) is 25.0. The van der Waals surface area contributed by atoms with Gasteiger partial charge in [0.05, 0.1) is 18.9 Å². The summed E-state index contributed by atoms with van der Waals surface area (Å²) in [6, 6.07) is 9.52. The topological polar surface area (TPSA) is 66.8 Å². The highest BCUT2D eigenvalue weighted by Crippen LogP contribution is 2.33. The molecule has 0 aromatic heterocycles. The Bertz CT molecular complexity index is 474. The number of carboxylic acids is 1. The first kappa shape index (κ1) is 14.5. The third-order valence-electron chi connectivity index (χ3n) is 3.74. The van der Waals surface area contributed by atoms with E-state index >= 15 is 0 Å². The summed E-state index contributed by atoms with van der Waals surface area (Å²) >= 11 is 0. The van der Waals surface area contributed by atoms with Crippen molar-refractivity contribution in [2.75, 3.05) is 26.8 Å². The zero-order valence-electron chi connectivity index (χ0n) is 11.5. The van der Waals surface area contributed by atoms with Crippen molar-refractivity contribution in [2.24, 2.45) is 5.92 Å². The molecule has 1 aromatic carbocycles. The molecule has 1 heterocycles. The van der Waals surface area contributed by atoms with Crippen molar-refractivity contribution >= 4 is 11.9 Å². The zero-order chi connectivity index (χ0) is 14.5. The van der Waals surface area contributed by atoms with Gasteiger partial charge in [0.25, 0.3) is 0 Å². The molecule has 1 N–H and O–H groups in total. The van der Waals surface area contributed by atoms with Crippen molar-refractivity contribution in [2.45, 2.75) is 12.3 Å². The number of likely N-dealkylation sites (tertiary alicyclic amines) is 1. The monoisotopic (exact) mass is 277 g/mol. The number of carbonyl (C=O) groups excluding carboxylic acids is 1. The van der Waals surface area contributed by atoms with Crippen LogP contribution >= 0.6 is 0 Å².